The third kappa shape index (κ3) is 3.39. The Hall–Kier alpha value is -2.74. The van der Waals surface area contributed by atoms with Crippen LogP contribution in [0.5, 0.6) is 0 Å². The van der Waals surface area contributed by atoms with Crippen molar-refractivity contribution in [3.63, 3.8) is 0 Å². The van der Waals surface area contributed by atoms with Gasteiger partial charge in [-0.1, -0.05) is 0 Å². The average Bonchev–Trinajstić information content (AvgIpc) is 3.15. The van der Waals surface area contributed by atoms with Crippen LogP contribution in [0.2, 0.25) is 0 Å². The van der Waals surface area contributed by atoms with Gasteiger partial charge < -0.3 is 14.5 Å². The Bertz CT molecular complexity index is 757. The molecule has 3 heterocycles. The van der Waals surface area contributed by atoms with Crippen molar-refractivity contribution in [1.29, 1.82) is 0 Å². The van der Waals surface area contributed by atoms with Gasteiger partial charge in [-0.3, -0.25) is 14.2 Å². The van der Waals surface area contributed by atoms with Gasteiger partial charge in [0.2, 0.25) is 0 Å². The first-order valence-electron chi connectivity index (χ1n) is 8.00. The quantitative estimate of drug-likeness (QED) is 0.815. The second kappa shape index (κ2) is 6.64. The number of rotatable bonds is 3. The van der Waals surface area contributed by atoms with Crippen molar-refractivity contribution >= 4 is 11.8 Å². The number of pyridine rings is 1. The number of imidazole rings is 1. The van der Waals surface area contributed by atoms with Gasteiger partial charge in [0, 0.05) is 39.2 Å². The van der Waals surface area contributed by atoms with Gasteiger partial charge in [0.05, 0.1) is 18.7 Å². The van der Waals surface area contributed by atoms with Crippen molar-refractivity contribution in [1.82, 2.24) is 24.3 Å². The minimum absolute atomic E-state index is 0.154. The van der Waals surface area contributed by atoms with Gasteiger partial charge in [-0.05, 0) is 19.1 Å². The molecule has 1 aliphatic heterocycles. The largest absolute Gasteiger partial charge is 0.362 e. The second-order valence-electron chi connectivity index (χ2n) is 6.38. The predicted molar refractivity (Wildman–Crippen MR) is 90.3 cm³/mol. The summed E-state index contributed by atoms with van der Waals surface area (Å²) in [6.07, 6.45) is 6.63. The summed E-state index contributed by atoms with van der Waals surface area (Å²) in [5.74, 6) is 0.369. The number of amides is 2. The molecule has 1 saturated heterocycles. The Labute approximate surface area is 146 Å². The molecule has 0 bridgehead atoms. The molecule has 132 valence electrons. The van der Waals surface area contributed by atoms with Crippen LogP contribution in [-0.4, -0.2) is 75.5 Å². The van der Waals surface area contributed by atoms with Crippen LogP contribution in [0, 0.1) is 0 Å². The van der Waals surface area contributed by atoms with Gasteiger partial charge in [0.1, 0.15) is 12.1 Å². The Kier molecular flexibility index (Phi) is 4.54. The van der Waals surface area contributed by atoms with Crippen LogP contribution >= 0.6 is 0 Å². The zero-order valence-corrected chi connectivity index (χ0v) is 14.5. The fraction of sp³-hybridized carbons (Fsp3) is 0.412. The van der Waals surface area contributed by atoms with E-state index in [0.717, 1.165) is 0 Å². The maximum absolute atomic E-state index is 12.8. The fourth-order valence-corrected chi connectivity index (χ4v) is 2.89. The molecule has 0 radical (unpaired) electrons. The number of aromatic nitrogens is 3. The summed E-state index contributed by atoms with van der Waals surface area (Å²) in [6, 6.07) is 3.49. The normalized spacial score (nSPS) is 20.4. The monoisotopic (exact) mass is 343 g/mol. The van der Waals surface area contributed by atoms with E-state index in [2.05, 4.69) is 9.97 Å². The lowest BCUT2D eigenvalue weighted by Gasteiger charge is -2.40. The van der Waals surface area contributed by atoms with Crippen molar-refractivity contribution in [2.45, 2.75) is 12.5 Å². The minimum atomic E-state index is -1.03. The standard InChI is InChI=1S/C17H21N5O3/c1-17(16(24)20(2)3)11-21(8-9-25-17)15(23)13-4-5-14(19-10-13)22-7-6-18-12-22/h4-7,10,12H,8-9,11H2,1-3H3/t17-/m1/s1. The first kappa shape index (κ1) is 17.1. The number of ether oxygens (including phenoxy) is 1. The van der Waals surface area contributed by atoms with Crippen LogP contribution < -0.4 is 0 Å². The Morgan fingerprint density at radius 1 is 1.32 bits per heavy atom. The SMILES string of the molecule is CN(C)C(=O)[C@@]1(C)CN(C(=O)c2ccc(-n3ccnc3)nc2)CCO1. The molecule has 0 unspecified atom stereocenters. The van der Waals surface area contributed by atoms with Crippen molar-refractivity contribution in [2.75, 3.05) is 33.8 Å². The molecule has 0 spiro atoms. The highest BCUT2D eigenvalue weighted by Gasteiger charge is 2.41. The molecule has 0 N–H and O–H groups in total. The lowest BCUT2D eigenvalue weighted by atomic mass is 10.0. The summed E-state index contributed by atoms with van der Waals surface area (Å²) >= 11 is 0. The van der Waals surface area contributed by atoms with Crippen LogP contribution in [0.3, 0.4) is 0 Å². The van der Waals surface area contributed by atoms with E-state index in [1.54, 1.807) is 61.3 Å². The number of hydrogen-bond donors (Lipinski definition) is 0. The van der Waals surface area contributed by atoms with Gasteiger partial charge >= 0.3 is 0 Å². The van der Waals surface area contributed by atoms with Gasteiger partial charge in [-0.2, -0.15) is 0 Å². The van der Waals surface area contributed by atoms with E-state index < -0.39 is 5.60 Å². The third-order valence-electron chi connectivity index (χ3n) is 4.18. The zero-order chi connectivity index (χ0) is 18.0. The first-order chi connectivity index (χ1) is 11.9. The van der Waals surface area contributed by atoms with Crippen molar-refractivity contribution in [2.24, 2.45) is 0 Å². The lowest BCUT2D eigenvalue weighted by molar-refractivity contribution is -0.162. The molecular formula is C17H21N5O3. The third-order valence-corrected chi connectivity index (χ3v) is 4.18. The molecule has 1 aliphatic rings. The van der Waals surface area contributed by atoms with Gasteiger partial charge in [0.15, 0.2) is 5.60 Å². The van der Waals surface area contributed by atoms with Crippen LogP contribution in [-0.2, 0) is 9.53 Å². The minimum Gasteiger partial charge on any atom is -0.362 e. The lowest BCUT2D eigenvalue weighted by Crippen LogP contribution is -2.59. The second-order valence-corrected chi connectivity index (χ2v) is 6.38. The van der Waals surface area contributed by atoms with Crippen LogP contribution in [0.25, 0.3) is 5.82 Å². The van der Waals surface area contributed by atoms with Crippen LogP contribution in [0.15, 0.2) is 37.1 Å². The molecule has 2 aromatic heterocycles. The number of carbonyl (C=O) groups is 2. The molecule has 0 aromatic carbocycles. The fourth-order valence-electron chi connectivity index (χ4n) is 2.89. The van der Waals surface area contributed by atoms with Gasteiger partial charge in [0.25, 0.3) is 11.8 Å². The Morgan fingerprint density at radius 2 is 2.12 bits per heavy atom. The molecule has 25 heavy (non-hydrogen) atoms. The van der Waals surface area contributed by atoms with Crippen molar-refractivity contribution in [3.8, 4) is 5.82 Å². The van der Waals surface area contributed by atoms with Gasteiger partial charge in [-0.15, -0.1) is 0 Å². The van der Waals surface area contributed by atoms with E-state index in [-0.39, 0.29) is 18.4 Å². The number of carbonyl (C=O) groups excluding carboxylic acids is 2. The highest BCUT2D eigenvalue weighted by atomic mass is 16.5. The molecular weight excluding hydrogens is 322 g/mol. The molecule has 2 amide bonds. The molecule has 0 aliphatic carbocycles. The van der Waals surface area contributed by atoms with E-state index in [1.807, 2.05) is 0 Å². The summed E-state index contributed by atoms with van der Waals surface area (Å²) in [7, 11) is 3.35. The smallest absolute Gasteiger partial charge is 0.255 e. The molecule has 3 rings (SSSR count). The summed E-state index contributed by atoms with van der Waals surface area (Å²) in [6.45, 7) is 2.70. The topological polar surface area (TPSA) is 80.6 Å². The molecule has 1 atom stereocenters. The maximum atomic E-state index is 12.8. The van der Waals surface area contributed by atoms with E-state index in [1.165, 1.54) is 11.1 Å². The molecule has 1 fully saturated rings. The predicted octanol–water partition coefficient (Wildman–Crippen LogP) is 0.587. The number of morpholine rings is 1. The Morgan fingerprint density at radius 3 is 2.72 bits per heavy atom. The van der Waals surface area contributed by atoms with E-state index in [0.29, 0.717) is 24.5 Å². The van der Waals surface area contributed by atoms with Crippen molar-refractivity contribution in [3.05, 3.63) is 42.6 Å². The van der Waals surface area contributed by atoms with Crippen LogP contribution in [0.4, 0.5) is 0 Å². The summed E-state index contributed by atoms with van der Waals surface area (Å²) in [5, 5.41) is 0. The molecule has 2 aromatic rings. The number of likely N-dealkylation sites (N-methyl/N-ethyl adjacent to an activating group) is 1. The molecule has 8 nitrogen and oxygen atoms in total. The Balaban J connectivity index is 1.75. The van der Waals surface area contributed by atoms with Gasteiger partial charge in [-0.25, -0.2) is 9.97 Å². The van der Waals surface area contributed by atoms with Crippen LogP contribution in [0.1, 0.15) is 17.3 Å². The summed E-state index contributed by atoms with van der Waals surface area (Å²) in [5.41, 5.74) is -0.549. The number of hydrogen-bond acceptors (Lipinski definition) is 5. The van der Waals surface area contributed by atoms with E-state index in [9.17, 15) is 9.59 Å². The molecule has 0 saturated carbocycles. The highest BCUT2D eigenvalue weighted by molar-refractivity contribution is 5.95. The van der Waals surface area contributed by atoms with Crippen molar-refractivity contribution < 1.29 is 14.3 Å². The zero-order valence-electron chi connectivity index (χ0n) is 14.5. The van der Waals surface area contributed by atoms with E-state index in [4.69, 9.17) is 4.74 Å². The number of nitrogens with zero attached hydrogens (tertiary/aromatic N) is 5. The highest BCUT2D eigenvalue weighted by Crippen LogP contribution is 2.21. The maximum Gasteiger partial charge on any atom is 0.255 e. The first-order valence-corrected chi connectivity index (χ1v) is 8.00. The summed E-state index contributed by atoms with van der Waals surface area (Å²) < 4.78 is 7.42. The summed E-state index contributed by atoms with van der Waals surface area (Å²) in [4.78, 5) is 36.5. The average molecular weight is 343 g/mol. The molecule has 8 heteroatoms. The van der Waals surface area contributed by atoms with E-state index >= 15 is 0 Å².